The van der Waals surface area contributed by atoms with Crippen molar-refractivity contribution in [2.45, 2.75) is 6.54 Å². The molecule has 2 amide bonds. The van der Waals surface area contributed by atoms with Crippen LogP contribution in [0.1, 0.15) is 5.56 Å². The molecule has 6 nitrogen and oxygen atoms in total. The second-order valence-corrected chi connectivity index (χ2v) is 5.08. The molecule has 0 saturated heterocycles. The molecule has 3 rings (SSSR count). The van der Waals surface area contributed by atoms with Crippen molar-refractivity contribution in [2.75, 3.05) is 5.32 Å². The summed E-state index contributed by atoms with van der Waals surface area (Å²) in [5.41, 5.74) is 4.91. The topological polar surface area (TPSA) is 82.2 Å². The largest absolute Gasteiger partial charge is 0.339 e. The van der Waals surface area contributed by atoms with Crippen molar-refractivity contribution in [1.82, 2.24) is 9.99 Å². The molecule has 0 aliphatic carbocycles. The number of carbonyl (C=O) groups is 1. The summed E-state index contributed by atoms with van der Waals surface area (Å²) in [6, 6.07) is 18.6. The maximum atomic E-state index is 11.8. The maximum absolute atomic E-state index is 11.8. The Balaban J connectivity index is 1.72. The predicted octanol–water partition coefficient (Wildman–Crippen LogP) is 3.32. The number of amides is 2. The lowest BCUT2D eigenvalue weighted by molar-refractivity contribution is 0.252. The molecule has 0 aliphatic rings. The summed E-state index contributed by atoms with van der Waals surface area (Å²) in [5.74, 6) is 0. The van der Waals surface area contributed by atoms with E-state index in [0.29, 0.717) is 5.69 Å². The third-order valence-electron chi connectivity index (χ3n) is 3.46. The van der Waals surface area contributed by atoms with Gasteiger partial charge in [0, 0.05) is 28.4 Å². The van der Waals surface area contributed by atoms with Crippen molar-refractivity contribution >= 4 is 28.8 Å². The van der Waals surface area contributed by atoms with E-state index in [4.69, 9.17) is 5.26 Å². The van der Waals surface area contributed by atoms with E-state index in [0.717, 1.165) is 16.5 Å². The highest BCUT2D eigenvalue weighted by Crippen LogP contribution is 2.19. The van der Waals surface area contributed by atoms with Gasteiger partial charge in [-0.2, -0.15) is 10.4 Å². The number of nitriles is 1. The molecule has 118 valence electrons. The Hall–Kier alpha value is -3.59. The Morgan fingerprint density at radius 1 is 1.17 bits per heavy atom. The Morgan fingerprint density at radius 2 is 1.92 bits per heavy atom. The molecule has 3 aromatic rings. The van der Waals surface area contributed by atoms with Gasteiger partial charge in [-0.25, -0.2) is 10.2 Å². The zero-order chi connectivity index (χ0) is 16.8. The number of rotatable bonds is 4. The van der Waals surface area contributed by atoms with Crippen LogP contribution in [0.5, 0.6) is 0 Å². The number of fused-ring (bicyclic) bond motifs is 1. The second kappa shape index (κ2) is 7.11. The average molecular weight is 317 g/mol. The lowest BCUT2D eigenvalue weighted by atomic mass is 10.2. The monoisotopic (exact) mass is 317 g/mol. The Bertz CT molecular complexity index is 921. The van der Waals surface area contributed by atoms with Gasteiger partial charge in [-0.1, -0.05) is 36.4 Å². The van der Waals surface area contributed by atoms with Crippen LogP contribution in [0.2, 0.25) is 0 Å². The smallest absolute Gasteiger partial charge is 0.333 e. The van der Waals surface area contributed by atoms with Gasteiger partial charge in [-0.15, -0.1) is 0 Å². The molecule has 6 heteroatoms. The molecular weight excluding hydrogens is 302 g/mol. The van der Waals surface area contributed by atoms with E-state index in [2.05, 4.69) is 21.9 Å². The van der Waals surface area contributed by atoms with E-state index >= 15 is 0 Å². The first kappa shape index (κ1) is 15.3. The Kier molecular flexibility index (Phi) is 4.54. The minimum Gasteiger partial charge on any atom is -0.333 e. The number of anilines is 1. The van der Waals surface area contributed by atoms with Gasteiger partial charge in [-0.05, 0) is 18.2 Å². The van der Waals surface area contributed by atoms with Crippen LogP contribution in [0.15, 0.2) is 65.9 Å². The molecule has 0 unspecified atom stereocenters. The van der Waals surface area contributed by atoms with Crippen LogP contribution in [0.25, 0.3) is 10.9 Å². The van der Waals surface area contributed by atoms with Crippen LogP contribution >= 0.6 is 0 Å². The van der Waals surface area contributed by atoms with Gasteiger partial charge >= 0.3 is 6.03 Å². The molecule has 0 aliphatic heterocycles. The molecule has 1 heterocycles. The van der Waals surface area contributed by atoms with Gasteiger partial charge in [0.2, 0.25) is 0 Å². The van der Waals surface area contributed by atoms with Crippen molar-refractivity contribution in [3.05, 3.63) is 66.4 Å². The molecule has 0 fully saturated rings. The van der Waals surface area contributed by atoms with Crippen molar-refractivity contribution in [1.29, 1.82) is 5.26 Å². The third kappa shape index (κ3) is 3.42. The number of nitrogens with one attached hydrogen (secondary N) is 2. The highest BCUT2D eigenvalue weighted by molar-refractivity contribution is 6.00. The molecule has 0 radical (unpaired) electrons. The van der Waals surface area contributed by atoms with Crippen molar-refractivity contribution in [2.24, 2.45) is 5.10 Å². The zero-order valence-corrected chi connectivity index (χ0v) is 12.8. The maximum Gasteiger partial charge on any atom is 0.339 e. The summed E-state index contributed by atoms with van der Waals surface area (Å²) in [4.78, 5) is 11.8. The first-order chi connectivity index (χ1) is 11.8. The predicted molar refractivity (Wildman–Crippen MR) is 93.7 cm³/mol. The average Bonchev–Trinajstić information content (AvgIpc) is 2.94. The van der Waals surface area contributed by atoms with Crippen LogP contribution < -0.4 is 10.7 Å². The van der Waals surface area contributed by atoms with E-state index < -0.39 is 6.03 Å². The van der Waals surface area contributed by atoms with Gasteiger partial charge in [0.15, 0.2) is 0 Å². The van der Waals surface area contributed by atoms with Gasteiger partial charge in [0.05, 0.1) is 12.3 Å². The first-order valence-corrected chi connectivity index (χ1v) is 7.38. The summed E-state index contributed by atoms with van der Waals surface area (Å²) in [6.07, 6.45) is 3.41. The molecule has 0 bridgehead atoms. The number of nitrogens with zero attached hydrogens (tertiary/aromatic N) is 3. The van der Waals surface area contributed by atoms with Gasteiger partial charge in [-0.3, -0.25) is 0 Å². The zero-order valence-electron chi connectivity index (χ0n) is 12.8. The molecule has 0 atom stereocenters. The van der Waals surface area contributed by atoms with Crippen LogP contribution in [0.3, 0.4) is 0 Å². The summed E-state index contributed by atoms with van der Waals surface area (Å²) in [5, 5.41) is 16.5. The van der Waals surface area contributed by atoms with E-state index in [1.807, 2.05) is 53.2 Å². The fourth-order valence-corrected chi connectivity index (χ4v) is 2.43. The minimum absolute atomic E-state index is 0.260. The normalized spacial score (nSPS) is 10.6. The summed E-state index contributed by atoms with van der Waals surface area (Å²) in [7, 11) is 0. The van der Waals surface area contributed by atoms with E-state index in [1.165, 1.54) is 0 Å². The molecule has 0 spiro atoms. The van der Waals surface area contributed by atoms with E-state index in [9.17, 15) is 4.79 Å². The second-order valence-electron chi connectivity index (χ2n) is 5.08. The molecular formula is C18H15N5O. The molecule has 1 aromatic heterocycles. The molecule has 24 heavy (non-hydrogen) atoms. The highest BCUT2D eigenvalue weighted by Gasteiger charge is 2.06. The molecule has 2 aromatic carbocycles. The number of para-hydroxylation sites is 2. The first-order valence-electron chi connectivity index (χ1n) is 7.38. The van der Waals surface area contributed by atoms with Crippen LogP contribution in [0.4, 0.5) is 10.5 Å². The van der Waals surface area contributed by atoms with Gasteiger partial charge in [0.25, 0.3) is 0 Å². The number of carbonyl (C=O) groups excluding carboxylic acids is 1. The van der Waals surface area contributed by atoms with Crippen molar-refractivity contribution in [3.63, 3.8) is 0 Å². The molecule has 2 N–H and O–H groups in total. The van der Waals surface area contributed by atoms with E-state index in [1.54, 1.807) is 18.3 Å². The Labute approximate surface area is 139 Å². The van der Waals surface area contributed by atoms with Crippen molar-refractivity contribution < 1.29 is 4.79 Å². The van der Waals surface area contributed by atoms with Crippen LogP contribution in [-0.4, -0.2) is 16.8 Å². The summed E-state index contributed by atoms with van der Waals surface area (Å²) < 4.78 is 1.85. The van der Waals surface area contributed by atoms with Crippen LogP contribution in [0, 0.1) is 11.3 Å². The summed E-state index contributed by atoms with van der Waals surface area (Å²) in [6.45, 7) is 0.260. The SMILES string of the molecule is N#CCn1cc(C=NNC(=O)Nc2ccccc2)c2ccccc21. The Morgan fingerprint density at radius 3 is 2.71 bits per heavy atom. The number of benzene rings is 2. The summed E-state index contributed by atoms with van der Waals surface area (Å²) >= 11 is 0. The third-order valence-corrected chi connectivity index (χ3v) is 3.46. The number of hydrogen-bond acceptors (Lipinski definition) is 3. The fourth-order valence-electron chi connectivity index (χ4n) is 2.43. The number of hydrogen-bond donors (Lipinski definition) is 2. The lowest BCUT2D eigenvalue weighted by Crippen LogP contribution is -2.24. The minimum atomic E-state index is -0.418. The quantitative estimate of drug-likeness (QED) is 0.571. The molecule has 0 saturated carbocycles. The fraction of sp³-hybridized carbons (Fsp3) is 0.0556. The number of urea groups is 1. The van der Waals surface area contributed by atoms with E-state index in [-0.39, 0.29) is 6.54 Å². The number of aromatic nitrogens is 1. The van der Waals surface area contributed by atoms with Gasteiger partial charge < -0.3 is 9.88 Å². The van der Waals surface area contributed by atoms with Crippen LogP contribution in [-0.2, 0) is 6.54 Å². The standard InChI is InChI=1S/C18H15N5O/c19-10-11-23-13-14(16-8-4-5-9-17(16)23)12-20-22-18(24)21-15-6-2-1-3-7-15/h1-9,12-13H,11H2,(H2,21,22,24). The number of hydrazone groups is 1. The lowest BCUT2D eigenvalue weighted by Gasteiger charge is -2.02. The van der Waals surface area contributed by atoms with Gasteiger partial charge in [0.1, 0.15) is 6.54 Å². The van der Waals surface area contributed by atoms with Crippen molar-refractivity contribution in [3.8, 4) is 6.07 Å². The highest BCUT2D eigenvalue weighted by atomic mass is 16.2.